The van der Waals surface area contributed by atoms with Crippen molar-refractivity contribution >= 4 is 26.6 Å². The van der Waals surface area contributed by atoms with Crippen LogP contribution >= 0.6 is 0 Å². The summed E-state index contributed by atoms with van der Waals surface area (Å²) in [5.74, 6) is 1.75. The predicted molar refractivity (Wildman–Crippen MR) is 171 cm³/mol. The molecule has 44 heavy (non-hydrogen) atoms. The number of rotatable bonds is 6. The van der Waals surface area contributed by atoms with Crippen LogP contribution in [-0.2, 0) is 17.1 Å². The van der Waals surface area contributed by atoms with Crippen LogP contribution in [0.15, 0.2) is 125 Å². The molecule has 0 saturated carbocycles. The minimum atomic E-state index is -4.05. The molecule has 0 bridgehead atoms. The molecule has 6 aromatic rings. The van der Waals surface area contributed by atoms with Crippen molar-refractivity contribution in [3.8, 4) is 28.4 Å². The Morgan fingerprint density at radius 1 is 0.864 bits per heavy atom. The molecular formula is C35H29N3O5S. The van der Waals surface area contributed by atoms with Crippen LogP contribution in [0.25, 0.3) is 22.0 Å². The molecular weight excluding hydrogens is 574 g/mol. The Kier molecular flexibility index (Phi) is 6.74. The van der Waals surface area contributed by atoms with E-state index in [0.29, 0.717) is 46.1 Å². The van der Waals surface area contributed by atoms with Gasteiger partial charge in [-0.1, -0.05) is 66.2 Å². The number of nitrogens with zero attached hydrogens (tertiary/aromatic N) is 2. The van der Waals surface area contributed by atoms with E-state index in [0.717, 1.165) is 15.1 Å². The third-order valence-corrected chi connectivity index (χ3v) is 9.55. The van der Waals surface area contributed by atoms with Gasteiger partial charge in [-0.3, -0.25) is 4.79 Å². The molecule has 0 radical (unpaired) electrons. The molecule has 1 unspecified atom stereocenters. The topological polar surface area (TPSA) is 91.6 Å². The molecule has 0 saturated heterocycles. The predicted octanol–water partition coefficient (Wildman–Crippen LogP) is 6.89. The van der Waals surface area contributed by atoms with E-state index < -0.39 is 15.6 Å². The number of aromatic nitrogens is 2. The van der Waals surface area contributed by atoms with E-state index in [1.807, 2.05) is 79.7 Å². The van der Waals surface area contributed by atoms with Gasteiger partial charge < -0.3 is 19.4 Å². The highest BCUT2D eigenvalue weighted by Gasteiger charge is 2.29. The Labute approximate surface area is 254 Å². The quantitative estimate of drug-likeness (QED) is 0.223. The molecule has 2 aromatic heterocycles. The molecule has 1 atom stereocenters. The largest absolute Gasteiger partial charge is 0.489 e. The Balaban J connectivity index is 1.44. The van der Waals surface area contributed by atoms with Crippen LogP contribution in [0.1, 0.15) is 17.2 Å². The van der Waals surface area contributed by atoms with Crippen molar-refractivity contribution < 1.29 is 17.9 Å². The highest BCUT2D eigenvalue weighted by Crippen LogP contribution is 2.49. The van der Waals surface area contributed by atoms with Gasteiger partial charge in [0.25, 0.3) is 15.6 Å². The summed E-state index contributed by atoms with van der Waals surface area (Å²) in [6.45, 7) is 2.32. The minimum absolute atomic E-state index is 0.0559. The second-order valence-electron chi connectivity index (χ2n) is 10.8. The number of nitrogens with one attached hydrogen (secondary N) is 1. The van der Waals surface area contributed by atoms with Gasteiger partial charge >= 0.3 is 0 Å². The fourth-order valence-electron chi connectivity index (χ4n) is 5.57. The first-order chi connectivity index (χ1) is 21.3. The van der Waals surface area contributed by atoms with Crippen molar-refractivity contribution in [1.82, 2.24) is 8.54 Å². The standard InChI is InChI=1S/C35H29N3O5S/c1-23-13-15-26(16-14-23)44(40,41)38-20-19-27-29(21-37(2)35(39)33(27)38)28-17-18-31-32(34(28)43-25-11-7-4-8-12-25)36-30(22-42-31)24-9-5-3-6-10-24/h3-21,30,36H,22H2,1-2H3. The van der Waals surface area contributed by atoms with Crippen LogP contribution in [0.4, 0.5) is 5.69 Å². The lowest BCUT2D eigenvalue weighted by Crippen LogP contribution is -2.24. The van der Waals surface area contributed by atoms with Crippen LogP contribution in [0.2, 0.25) is 0 Å². The Hall–Kier alpha value is -5.28. The second-order valence-corrected chi connectivity index (χ2v) is 12.6. The van der Waals surface area contributed by atoms with E-state index in [9.17, 15) is 13.2 Å². The highest BCUT2D eigenvalue weighted by atomic mass is 32.2. The van der Waals surface area contributed by atoms with Gasteiger partial charge in [-0.15, -0.1) is 0 Å². The van der Waals surface area contributed by atoms with Crippen molar-refractivity contribution in [1.29, 1.82) is 0 Å². The summed E-state index contributed by atoms with van der Waals surface area (Å²) in [6, 6.07) is 31.3. The number of aryl methyl sites for hydroxylation is 2. The normalized spacial score (nSPS) is 14.5. The van der Waals surface area contributed by atoms with Gasteiger partial charge in [-0.05, 0) is 55.0 Å². The van der Waals surface area contributed by atoms with E-state index >= 15 is 0 Å². The monoisotopic (exact) mass is 603 g/mol. The zero-order chi connectivity index (χ0) is 30.4. The van der Waals surface area contributed by atoms with Gasteiger partial charge in [0.05, 0.1) is 10.9 Å². The number of anilines is 1. The maximum atomic E-state index is 13.8. The van der Waals surface area contributed by atoms with Crippen LogP contribution in [0, 0.1) is 6.92 Å². The van der Waals surface area contributed by atoms with Gasteiger partial charge in [0.15, 0.2) is 5.75 Å². The number of pyridine rings is 1. The molecule has 1 N–H and O–H groups in total. The van der Waals surface area contributed by atoms with E-state index in [1.165, 1.54) is 10.8 Å². The van der Waals surface area contributed by atoms with Crippen molar-refractivity contribution in [2.75, 3.05) is 11.9 Å². The van der Waals surface area contributed by atoms with E-state index in [2.05, 4.69) is 5.32 Å². The molecule has 1 aliphatic rings. The number of ether oxygens (including phenoxy) is 2. The fraction of sp³-hybridized carbons (Fsp3) is 0.114. The maximum Gasteiger partial charge on any atom is 0.275 e. The lowest BCUT2D eigenvalue weighted by molar-refractivity contribution is 0.284. The number of hydrogen-bond donors (Lipinski definition) is 1. The van der Waals surface area contributed by atoms with Crippen LogP contribution in [0.5, 0.6) is 17.2 Å². The third kappa shape index (κ3) is 4.71. The molecule has 0 aliphatic carbocycles. The van der Waals surface area contributed by atoms with Crippen LogP contribution < -0.4 is 20.3 Å². The highest BCUT2D eigenvalue weighted by molar-refractivity contribution is 7.90. The van der Waals surface area contributed by atoms with Gasteiger partial charge in [-0.2, -0.15) is 0 Å². The third-order valence-electron chi connectivity index (χ3n) is 7.86. The zero-order valence-electron chi connectivity index (χ0n) is 24.1. The Bertz CT molecular complexity index is 2170. The minimum Gasteiger partial charge on any atom is -0.489 e. The fourth-order valence-corrected chi connectivity index (χ4v) is 6.91. The molecule has 4 aromatic carbocycles. The van der Waals surface area contributed by atoms with E-state index in [1.54, 1.807) is 43.6 Å². The average molecular weight is 604 g/mol. The molecule has 3 heterocycles. The second kappa shape index (κ2) is 10.8. The molecule has 1 aliphatic heterocycles. The van der Waals surface area contributed by atoms with Gasteiger partial charge in [0.2, 0.25) is 0 Å². The molecule has 0 fully saturated rings. The summed E-state index contributed by atoms with van der Waals surface area (Å²) in [6.07, 6.45) is 3.15. The number of fused-ring (bicyclic) bond motifs is 2. The molecule has 0 spiro atoms. The number of para-hydroxylation sites is 1. The smallest absolute Gasteiger partial charge is 0.275 e. The summed E-state index contributed by atoms with van der Waals surface area (Å²) in [7, 11) is -2.43. The first kappa shape index (κ1) is 27.5. The molecule has 0 amide bonds. The summed E-state index contributed by atoms with van der Waals surface area (Å²) < 4.78 is 42.8. The summed E-state index contributed by atoms with van der Waals surface area (Å²) in [4.78, 5) is 13.6. The van der Waals surface area contributed by atoms with Crippen molar-refractivity contribution in [2.24, 2.45) is 7.05 Å². The molecule has 220 valence electrons. The van der Waals surface area contributed by atoms with Crippen molar-refractivity contribution in [2.45, 2.75) is 17.9 Å². The molecule has 7 rings (SSSR count). The Morgan fingerprint density at radius 2 is 1.57 bits per heavy atom. The first-order valence-corrected chi connectivity index (χ1v) is 15.6. The van der Waals surface area contributed by atoms with E-state index in [4.69, 9.17) is 9.47 Å². The lowest BCUT2D eigenvalue weighted by atomic mass is 9.99. The number of hydrogen-bond acceptors (Lipinski definition) is 6. The SMILES string of the molecule is Cc1ccc(S(=O)(=O)n2ccc3c(-c4ccc5c(c4Oc4ccccc4)NC(c4ccccc4)CO5)cn(C)c(=O)c32)cc1. The first-order valence-electron chi connectivity index (χ1n) is 14.2. The summed E-state index contributed by atoms with van der Waals surface area (Å²) in [5.41, 5.74) is 3.60. The summed E-state index contributed by atoms with van der Waals surface area (Å²) in [5, 5.41) is 4.11. The van der Waals surface area contributed by atoms with Crippen molar-refractivity contribution in [3.05, 3.63) is 137 Å². The van der Waals surface area contributed by atoms with E-state index in [-0.39, 0.29) is 16.5 Å². The zero-order valence-corrected chi connectivity index (χ0v) is 24.9. The van der Waals surface area contributed by atoms with Crippen LogP contribution in [0.3, 0.4) is 0 Å². The summed E-state index contributed by atoms with van der Waals surface area (Å²) >= 11 is 0. The van der Waals surface area contributed by atoms with Gasteiger partial charge in [0, 0.05) is 36.0 Å². The maximum absolute atomic E-state index is 13.8. The molecule has 8 nitrogen and oxygen atoms in total. The van der Waals surface area contributed by atoms with Crippen molar-refractivity contribution in [3.63, 3.8) is 0 Å². The van der Waals surface area contributed by atoms with Gasteiger partial charge in [0.1, 0.15) is 29.3 Å². The molecule has 9 heteroatoms. The van der Waals surface area contributed by atoms with Crippen LogP contribution in [-0.4, -0.2) is 23.6 Å². The number of benzene rings is 4. The average Bonchev–Trinajstić information content (AvgIpc) is 3.51. The lowest BCUT2D eigenvalue weighted by Gasteiger charge is -2.30. The Morgan fingerprint density at radius 3 is 2.30 bits per heavy atom. The van der Waals surface area contributed by atoms with Gasteiger partial charge in [-0.25, -0.2) is 12.4 Å².